The van der Waals surface area contributed by atoms with Crippen LogP contribution in [0.25, 0.3) is 5.76 Å². The normalized spacial score (nSPS) is 17.9. The number of hydrogen-bond donors (Lipinski definition) is 1. The maximum atomic E-state index is 13.1. The number of ether oxygens (including phenoxy) is 1. The largest absolute Gasteiger partial charge is 0.507 e. The summed E-state index contributed by atoms with van der Waals surface area (Å²) in [5, 5.41) is 11.2. The first-order chi connectivity index (χ1) is 15.8. The molecule has 2 aromatic rings. The molecular weight excluding hydrogens is 416 g/mol. The molecule has 1 aliphatic heterocycles. The molecule has 33 heavy (non-hydrogen) atoms. The van der Waals surface area contributed by atoms with E-state index in [4.69, 9.17) is 4.74 Å². The van der Waals surface area contributed by atoms with Crippen molar-refractivity contribution in [2.75, 3.05) is 33.3 Å². The van der Waals surface area contributed by atoms with Crippen molar-refractivity contribution in [1.29, 1.82) is 0 Å². The molecule has 0 aliphatic carbocycles. The number of hydrogen-bond acceptors (Lipinski definition) is 5. The van der Waals surface area contributed by atoms with Gasteiger partial charge in [-0.2, -0.15) is 0 Å². The third-order valence-corrected chi connectivity index (χ3v) is 6.37. The number of carbonyl (C=O) groups is 2. The van der Waals surface area contributed by atoms with Crippen LogP contribution in [0.15, 0.2) is 54.1 Å². The van der Waals surface area contributed by atoms with Gasteiger partial charge in [0.2, 0.25) is 0 Å². The third-order valence-electron chi connectivity index (χ3n) is 6.37. The van der Waals surface area contributed by atoms with E-state index < -0.39 is 17.7 Å². The molecule has 0 saturated carbocycles. The first kappa shape index (κ1) is 24.5. The first-order valence-corrected chi connectivity index (χ1v) is 11.6. The van der Waals surface area contributed by atoms with E-state index in [1.807, 2.05) is 24.3 Å². The highest BCUT2D eigenvalue weighted by Gasteiger charge is 2.45. The minimum absolute atomic E-state index is 0.127. The summed E-state index contributed by atoms with van der Waals surface area (Å²) in [6, 6.07) is 14.2. The van der Waals surface area contributed by atoms with Crippen molar-refractivity contribution in [2.45, 2.75) is 39.7 Å². The molecule has 6 nitrogen and oxygen atoms in total. The van der Waals surface area contributed by atoms with Crippen molar-refractivity contribution >= 4 is 17.4 Å². The molecule has 1 N–H and O–H groups in total. The molecule has 1 atom stereocenters. The Balaban J connectivity index is 2.08. The standard InChI is InChI=1S/C27H34N2O4/c1-6-28(7-2)16-17-29-24(20-10-8-19(9-11-20)18(3)4)23(26(31)27(29)32)25(30)21-12-14-22(33-5)15-13-21/h8-15,18,24,30H,6-7,16-17H2,1-5H3/t24-/m0/s1. The number of nitrogens with zero attached hydrogens (tertiary/aromatic N) is 2. The van der Waals surface area contributed by atoms with E-state index >= 15 is 0 Å². The average Bonchev–Trinajstić information content (AvgIpc) is 3.09. The lowest BCUT2D eigenvalue weighted by Gasteiger charge is -2.28. The van der Waals surface area contributed by atoms with E-state index in [2.05, 4.69) is 32.6 Å². The number of amides is 1. The Kier molecular flexibility index (Phi) is 7.92. The van der Waals surface area contributed by atoms with Crippen LogP contribution in [0.4, 0.5) is 0 Å². The summed E-state index contributed by atoms with van der Waals surface area (Å²) in [5.41, 5.74) is 2.59. The number of likely N-dealkylation sites (N-methyl/N-ethyl adjacent to an activating group) is 1. The Morgan fingerprint density at radius 3 is 2.15 bits per heavy atom. The Hall–Kier alpha value is -3.12. The van der Waals surface area contributed by atoms with E-state index in [1.165, 1.54) is 5.56 Å². The van der Waals surface area contributed by atoms with Crippen molar-refractivity contribution in [3.05, 3.63) is 70.8 Å². The zero-order chi connectivity index (χ0) is 24.1. The van der Waals surface area contributed by atoms with Gasteiger partial charge in [-0.25, -0.2) is 0 Å². The molecule has 3 rings (SSSR count). The summed E-state index contributed by atoms with van der Waals surface area (Å²) >= 11 is 0. The molecule has 2 aromatic carbocycles. The number of aliphatic hydroxyl groups is 1. The van der Waals surface area contributed by atoms with E-state index in [-0.39, 0.29) is 11.3 Å². The Bertz CT molecular complexity index is 1010. The fourth-order valence-corrected chi connectivity index (χ4v) is 4.21. The molecule has 176 valence electrons. The van der Waals surface area contributed by atoms with Gasteiger partial charge in [0.1, 0.15) is 11.5 Å². The maximum Gasteiger partial charge on any atom is 0.295 e. The van der Waals surface area contributed by atoms with Gasteiger partial charge in [-0.1, -0.05) is 52.0 Å². The molecule has 0 unspecified atom stereocenters. The summed E-state index contributed by atoms with van der Waals surface area (Å²) < 4.78 is 5.19. The van der Waals surface area contributed by atoms with Crippen LogP contribution < -0.4 is 4.74 Å². The quantitative estimate of drug-likeness (QED) is 0.344. The monoisotopic (exact) mass is 450 g/mol. The highest BCUT2D eigenvalue weighted by molar-refractivity contribution is 6.46. The van der Waals surface area contributed by atoms with E-state index in [1.54, 1.807) is 36.3 Å². The molecule has 1 aliphatic rings. The molecule has 1 saturated heterocycles. The lowest BCUT2D eigenvalue weighted by molar-refractivity contribution is -0.140. The van der Waals surface area contributed by atoms with E-state index in [0.717, 1.165) is 18.7 Å². The molecule has 0 aromatic heterocycles. The van der Waals surface area contributed by atoms with Crippen LogP contribution in [0.5, 0.6) is 5.75 Å². The number of benzene rings is 2. The molecule has 6 heteroatoms. The van der Waals surface area contributed by atoms with Gasteiger partial charge in [0.25, 0.3) is 11.7 Å². The summed E-state index contributed by atoms with van der Waals surface area (Å²) in [5.74, 6) is -0.380. The number of ketones is 1. The summed E-state index contributed by atoms with van der Waals surface area (Å²) in [6.45, 7) is 11.2. The van der Waals surface area contributed by atoms with Gasteiger partial charge in [0.15, 0.2) is 0 Å². The summed E-state index contributed by atoms with van der Waals surface area (Å²) in [6.07, 6.45) is 0. The van der Waals surface area contributed by atoms with Crippen molar-refractivity contribution in [2.24, 2.45) is 0 Å². The topological polar surface area (TPSA) is 70.1 Å². The molecule has 1 heterocycles. The predicted molar refractivity (Wildman–Crippen MR) is 130 cm³/mol. The van der Waals surface area contributed by atoms with Crippen LogP contribution in [0.3, 0.4) is 0 Å². The second kappa shape index (κ2) is 10.7. The van der Waals surface area contributed by atoms with Gasteiger partial charge in [-0.05, 0) is 54.4 Å². The van der Waals surface area contributed by atoms with Gasteiger partial charge in [0, 0.05) is 18.7 Å². The van der Waals surface area contributed by atoms with E-state index in [9.17, 15) is 14.7 Å². The number of likely N-dealkylation sites (tertiary alicyclic amines) is 1. The summed E-state index contributed by atoms with van der Waals surface area (Å²) in [7, 11) is 1.57. The van der Waals surface area contributed by atoms with Crippen LogP contribution in [-0.2, 0) is 9.59 Å². The fourth-order valence-electron chi connectivity index (χ4n) is 4.21. The van der Waals surface area contributed by atoms with Crippen LogP contribution in [0.1, 0.15) is 56.3 Å². The number of Topliss-reactive ketones (excluding diaryl/α,β-unsaturated/α-hetero) is 1. The first-order valence-electron chi connectivity index (χ1n) is 11.6. The second-order valence-corrected chi connectivity index (χ2v) is 8.57. The zero-order valence-electron chi connectivity index (χ0n) is 20.2. The van der Waals surface area contributed by atoms with Crippen molar-refractivity contribution in [3.8, 4) is 5.75 Å². The molecule has 0 radical (unpaired) electrons. The minimum Gasteiger partial charge on any atom is -0.507 e. The van der Waals surface area contributed by atoms with Gasteiger partial charge >= 0.3 is 0 Å². The average molecular weight is 451 g/mol. The Morgan fingerprint density at radius 2 is 1.64 bits per heavy atom. The number of carbonyl (C=O) groups excluding carboxylic acids is 2. The molecule has 0 bridgehead atoms. The van der Waals surface area contributed by atoms with Crippen LogP contribution >= 0.6 is 0 Å². The van der Waals surface area contributed by atoms with Gasteiger partial charge in [0.05, 0.1) is 18.7 Å². The SMILES string of the molecule is CCN(CC)CCN1C(=O)C(=O)C(=C(O)c2ccc(OC)cc2)[C@@H]1c1ccc(C(C)C)cc1. The molecule has 1 amide bonds. The lowest BCUT2D eigenvalue weighted by Crippen LogP contribution is -2.38. The molecule has 0 spiro atoms. The second-order valence-electron chi connectivity index (χ2n) is 8.57. The third kappa shape index (κ3) is 5.11. The number of rotatable bonds is 9. The molecular formula is C27H34N2O4. The molecule has 1 fully saturated rings. The smallest absolute Gasteiger partial charge is 0.295 e. The lowest BCUT2D eigenvalue weighted by atomic mass is 9.93. The summed E-state index contributed by atoms with van der Waals surface area (Å²) in [4.78, 5) is 30.0. The Morgan fingerprint density at radius 1 is 1.03 bits per heavy atom. The van der Waals surface area contributed by atoms with Gasteiger partial charge in [-0.3, -0.25) is 9.59 Å². The fraction of sp³-hybridized carbons (Fsp3) is 0.407. The number of methoxy groups -OCH3 is 1. The maximum absolute atomic E-state index is 13.1. The van der Waals surface area contributed by atoms with Crippen molar-refractivity contribution in [1.82, 2.24) is 9.80 Å². The van der Waals surface area contributed by atoms with Crippen LogP contribution in [0, 0.1) is 0 Å². The van der Waals surface area contributed by atoms with E-state index in [0.29, 0.717) is 30.3 Å². The van der Waals surface area contributed by atoms with Gasteiger partial charge < -0.3 is 19.6 Å². The highest BCUT2D eigenvalue weighted by Crippen LogP contribution is 2.39. The van der Waals surface area contributed by atoms with Crippen molar-refractivity contribution in [3.63, 3.8) is 0 Å². The number of aliphatic hydroxyl groups excluding tert-OH is 1. The van der Waals surface area contributed by atoms with Crippen molar-refractivity contribution < 1.29 is 19.4 Å². The predicted octanol–water partition coefficient (Wildman–Crippen LogP) is 4.58. The Labute approximate surface area is 196 Å². The van der Waals surface area contributed by atoms with Crippen LogP contribution in [0.2, 0.25) is 0 Å². The van der Waals surface area contributed by atoms with Crippen LogP contribution in [-0.4, -0.2) is 59.9 Å². The minimum atomic E-state index is -0.652. The highest BCUT2D eigenvalue weighted by atomic mass is 16.5. The zero-order valence-corrected chi connectivity index (χ0v) is 20.2. The van der Waals surface area contributed by atoms with Gasteiger partial charge in [-0.15, -0.1) is 0 Å².